The van der Waals surface area contributed by atoms with Crippen molar-refractivity contribution in [3.05, 3.63) is 65.9 Å². The lowest BCUT2D eigenvalue weighted by atomic mass is 10.0. The van der Waals surface area contributed by atoms with Gasteiger partial charge in [-0.3, -0.25) is 4.79 Å². The highest BCUT2D eigenvalue weighted by Gasteiger charge is 2.31. The zero-order valence-electron chi connectivity index (χ0n) is 17.6. The van der Waals surface area contributed by atoms with Gasteiger partial charge in [0, 0.05) is 50.3 Å². The van der Waals surface area contributed by atoms with Gasteiger partial charge in [0.05, 0.1) is 10.5 Å². The van der Waals surface area contributed by atoms with Gasteiger partial charge in [0.1, 0.15) is 0 Å². The molecule has 30 heavy (non-hydrogen) atoms. The summed E-state index contributed by atoms with van der Waals surface area (Å²) in [5.41, 5.74) is 2.78. The minimum Gasteiger partial charge on any atom is -0.350 e. The summed E-state index contributed by atoms with van der Waals surface area (Å²) in [5, 5.41) is 0.922. The van der Waals surface area contributed by atoms with E-state index in [2.05, 4.69) is 13.8 Å². The molecule has 0 aliphatic carbocycles. The molecule has 3 aromatic rings. The van der Waals surface area contributed by atoms with Crippen LogP contribution in [0.3, 0.4) is 0 Å². The first-order valence-electron chi connectivity index (χ1n) is 10.2. The minimum absolute atomic E-state index is 0.0508. The van der Waals surface area contributed by atoms with E-state index >= 15 is 0 Å². The van der Waals surface area contributed by atoms with E-state index in [9.17, 15) is 13.2 Å². The monoisotopic (exact) mass is 425 g/mol. The number of amides is 1. The molecule has 1 fully saturated rings. The van der Waals surface area contributed by atoms with Crippen LogP contribution in [0.2, 0.25) is 0 Å². The van der Waals surface area contributed by atoms with Crippen LogP contribution in [-0.2, 0) is 17.1 Å². The molecule has 1 aliphatic rings. The molecule has 0 saturated carbocycles. The van der Waals surface area contributed by atoms with Gasteiger partial charge in [-0.15, -0.1) is 0 Å². The number of sulfonamides is 1. The van der Waals surface area contributed by atoms with Crippen molar-refractivity contribution in [2.75, 3.05) is 26.2 Å². The average Bonchev–Trinajstić information content (AvgIpc) is 3.10. The number of aromatic nitrogens is 1. The molecule has 0 bridgehead atoms. The van der Waals surface area contributed by atoms with Crippen LogP contribution in [0.25, 0.3) is 10.9 Å². The van der Waals surface area contributed by atoms with Crippen LogP contribution in [0.1, 0.15) is 35.7 Å². The molecule has 2 heterocycles. The van der Waals surface area contributed by atoms with E-state index in [1.54, 1.807) is 17.0 Å². The third kappa shape index (κ3) is 3.63. The highest BCUT2D eigenvalue weighted by molar-refractivity contribution is 7.89. The summed E-state index contributed by atoms with van der Waals surface area (Å²) in [6.07, 6.45) is 1.85. The van der Waals surface area contributed by atoms with Crippen molar-refractivity contribution in [1.82, 2.24) is 13.8 Å². The molecule has 0 spiro atoms. The van der Waals surface area contributed by atoms with E-state index in [1.807, 2.05) is 54.2 Å². The molecule has 1 aromatic heterocycles. The van der Waals surface area contributed by atoms with Crippen LogP contribution in [-0.4, -0.2) is 54.3 Å². The standard InChI is InChI=1S/C23H27N3O3S/c1-17(2)18-8-10-19(11-9-18)30(28,29)26-14-12-25(13-15-26)23(27)21-16-24(3)22-7-5-4-6-20(21)22/h4-11,16-17H,12-15H2,1-3H3. The topological polar surface area (TPSA) is 62.6 Å². The maximum Gasteiger partial charge on any atom is 0.256 e. The molecule has 1 amide bonds. The molecule has 4 rings (SSSR count). The van der Waals surface area contributed by atoms with E-state index in [-0.39, 0.29) is 5.91 Å². The van der Waals surface area contributed by atoms with E-state index in [1.165, 1.54) is 4.31 Å². The average molecular weight is 426 g/mol. The first-order valence-corrected chi connectivity index (χ1v) is 11.7. The lowest BCUT2D eigenvalue weighted by molar-refractivity contribution is 0.0699. The molecular weight excluding hydrogens is 398 g/mol. The van der Waals surface area contributed by atoms with E-state index < -0.39 is 10.0 Å². The molecule has 7 heteroatoms. The Labute approximate surface area is 177 Å². The fraction of sp³-hybridized carbons (Fsp3) is 0.348. The minimum atomic E-state index is -3.56. The van der Waals surface area contributed by atoms with Gasteiger partial charge in [-0.1, -0.05) is 44.2 Å². The van der Waals surface area contributed by atoms with Crippen LogP contribution in [0, 0.1) is 0 Å². The fourth-order valence-electron chi connectivity index (χ4n) is 3.99. The number of carbonyl (C=O) groups is 1. The summed E-state index contributed by atoms with van der Waals surface area (Å²) >= 11 is 0. The number of aryl methyl sites for hydroxylation is 1. The SMILES string of the molecule is CC(C)c1ccc(S(=O)(=O)N2CCN(C(=O)c3cn(C)c4ccccc34)CC2)cc1. The second kappa shape index (κ2) is 7.89. The summed E-state index contributed by atoms with van der Waals surface area (Å²) < 4.78 is 29.4. The van der Waals surface area contributed by atoms with Crippen molar-refractivity contribution in [1.29, 1.82) is 0 Å². The number of hydrogen-bond acceptors (Lipinski definition) is 3. The molecule has 6 nitrogen and oxygen atoms in total. The van der Waals surface area contributed by atoms with E-state index in [0.717, 1.165) is 16.5 Å². The highest BCUT2D eigenvalue weighted by Crippen LogP contribution is 2.24. The van der Waals surface area contributed by atoms with Gasteiger partial charge in [-0.2, -0.15) is 4.31 Å². The van der Waals surface area contributed by atoms with Crippen LogP contribution in [0.15, 0.2) is 59.6 Å². The number of para-hydroxylation sites is 1. The molecule has 0 N–H and O–H groups in total. The molecule has 0 atom stereocenters. The quantitative estimate of drug-likeness (QED) is 0.643. The normalized spacial score (nSPS) is 15.8. The van der Waals surface area contributed by atoms with Crippen LogP contribution >= 0.6 is 0 Å². The Morgan fingerprint density at radius 3 is 2.20 bits per heavy atom. The summed E-state index contributed by atoms with van der Waals surface area (Å²) in [7, 11) is -1.63. The molecule has 158 valence electrons. The van der Waals surface area contributed by atoms with Crippen molar-refractivity contribution in [3.63, 3.8) is 0 Å². The van der Waals surface area contributed by atoms with Gasteiger partial charge >= 0.3 is 0 Å². The zero-order chi connectivity index (χ0) is 21.5. The Bertz CT molecular complexity index is 1170. The van der Waals surface area contributed by atoms with Gasteiger partial charge < -0.3 is 9.47 Å². The largest absolute Gasteiger partial charge is 0.350 e. The summed E-state index contributed by atoms with van der Waals surface area (Å²) in [5.74, 6) is 0.301. The Balaban J connectivity index is 1.48. The number of fused-ring (bicyclic) bond motifs is 1. The Kier molecular flexibility index (Phi) is 5.42. The Morgan fingerprint density at radius 1 is 0.933 bits per heavy atom. The number of nitrogens with zero attached hydrogens (tertiary/aromatic N) is 3. The highest BCUT2D eigenvalue weighted by atomic mass is 32.2. The van der Waals surface area contributed by atoms with Crippen molar-refractivity contribution >= 4 is 26.8 Å². The van der Waals surface area contributed by atoms with Crippen LogP contribution < -0.4 is 0 Å². The molecular formula is C23H27N3O3S. The van der Waals surface area contributed by atoms with Gasteiger partial charge in [0.2, 0.25) is 10.0 Å². The first-order chi connectivity index (χ1) is 14.3. The van der Waals surface area contributed by atoms with Gasteiger partial charge in [-0.25, -0.2) is 8.42 Å². The van der Waals surface area contributed by atoms with Crippen molar-refractivity contribution in [2.45, 2.75) is 24.7 Å². The van der Waals surface area contributed by atoms with Gasteiger partial charge in [0.25, 0.3) is 5.91 Å². The lowest BCUT2D eigenvalue weighted by Gasteiger charge is -2.34. The van der Waals surface area contributed by atoms with Gasteiger partial charge in [0.15, 0.2) is 0 Å². The number of hydrogen-bond donors (Lipinski definition) is 0. The molecule has 1 aliphatic heterocycles. The van der Waals surface area contributed by atoms with E-state index in [0.29, 0.717) is 42.6 Å². The summed E-state index contributed by atoms with van der Waals surface area (Å²) in [6, 6.07) is 14.9. The van der Waals surface area contributed by atoms with Crippen molar-refractivity contribution in [2.24, 2.45) is 7.05 Å². The number of piperazine rings is 1. The number of rotatable bonds is 4. The number of carbonyl (C=O) groups excluding carboxylic acids is 1. The molecule has 0 unspecified atom stereocenters. The predicted molar refractivity (Wildman–Crippen MR) is 118 cm³/mol. The third-order valence-electron chi connectivity index (χ3n) is 5.84. The smallest absolute Gasteiger partial charge is 0.256 e. The van der Waals surface area contributed by atoms with E-state index in [4.69, 9.17) is 0 Å². The fourth-order valence-corrected chi connectivity index (χ4v) is 5.41. The van der Waals surface area contributed by atoms with Crippen molar-refractivity contribution in [3.8, 4) is 0 Å². The van der Waals surface area contributed by atoms with Gasteiger partial charge in [-0.05, 0) is 29.7 Å². The Hall–Kier alpha value is -2.64. The van der Waals surface area contributed by atoms with Crippen molar-refractivity contribution < 1.29 is 13.2 Å². The molecule has 1 saturated heterocycles. The third-order valence-corrected chi connectivity index (χ3v) is 7.75. The summed E-state index contributed by atoms with van der Waals surface area (Å²) in [4.78, 5) is 15.2. The lowest BCUT2D eigenvalue weighted by Crippen LogP contribution is -2.50. The Morgan fingerprint density at radius 2 is 1.57 bits per heavy atom. The number of benzene rings is 2. The maximum absolute atomic E-state index is 13.1. The maximum atomic E-state index is 13.1. The first kappa shape index (κ1) is 20.6. The second-order valence-electron chi connectivity index (χ2n) is 8.09. The van der Waals surface area contributed by atoms with Crippen LogP contribution in [0.4, 0.5) is 0 Å². The summed E-state index contributed by atoms with van der Waals surface area (Å²) in [6.45, 7) is 5.51. The zero-order valence-corrected chi connectivity index (χ0v) is 18.4. The second-order valence-corrected chi connectivity index (χ2v) is 10.0. The predicted octanol–water partition coefficient (Wildman–Crippen LogP) is 3.45. The molecule has 2 aromatic carbocycles. The molecule has 0 radical (unpaired) electrons. The van der Waals surface area contributed by atoms with Crippen LogP contribution in [0.5, 0.6) is 0 Å².